The summed E-state index contributed by atoms with van der Waals surface area (Å²) in [5, 5.41) is 3.49. The molecule has 1 aromatic rings. The largest absolute Gasteiger partial charge is 0.495 e. The van der Waals surface area contributed by atoms with Crippen molar-refractivity contribution < 1.29 is 19.7 Å². The number of ether oxygens (including phenoxy) is 2. The fourth-order valence-electron chi connectivity index (χ4n) is 2.47. The number of benzene rings is 1. The maximum absolute atomic E-state index is 6.13. The van der Waals surface area contributed by atoms with Gasteiger partial charge in [-0.15, -0.1) is 0 Å². The van der Waals surface area contributed by atoms with E-state index in [0.717, 1.165) is 57.3 Å². The number of halogens is 2. The molecule has 4 nitrogen and oxygen atoms in total. The van der Waals surface area contributed by atoms with E-state index < -0.39 is 0 Å². The first-order valence-electron chi connectivity index (χ1n) is 6.95. The number of methoxy groups -OCH3 is 1. The molecule has 2 rings (SSSR count). The lowest BCUT2D eigenvalue weighted by Gasteiger charge is -2.22. The summed E-state index contributed by atoms with van der Waals surface area (Å²) in [5.74, 6) is 0.728. The topological polar surface area (TPSA) is 39.5 Å². The molecule has 0 spiro atoms. The monoisotopic (exact) mass is 320 g/mol. The van der Waals surface area contributed by atoms with Crippen molar-refractivity contribution in [1.29, 1.82) is 0 Å². The number of quaternary nitrogens is 2. The lowest BCUT2D eigenvalue weighted by Crippen LogP contribution is -3.16. The third kappa shape index (κ3) is 4.50. The highest BCUT2D eigenvalue weighted by Crippen LogP contribution is 2.31. The molecule has 1 fully saturated rings. The van der Waals surface area contributed by atoms with Crippen molar-refractivity contribution in [2.45, 2.75) is 6.54 Å². The van der Waals surface area contributed by atoms with Crippen molar-refractivity contribution in [2.75, 3.05) is 46.5 Å². The highest BCUT2D eigenvalue weighted by Gasteiger charge is 2.15. The van der Waals surface area contributed by atoms with Crippen LogP contribution >= 0.6 is 23.2 Å². The van der Waals surface area contributed by atoms with Gasteiger partial charge in [-0.25, -0.2) is 0 Å². The molecule has 0 aliphatic carbocycles. The summed E-state index contributed by atoms with van der Waals surface area (Å²) in [6.45, 7) is 7.04. The first-order valence-corrected chi connectivity index (χ1v) is 7.71. The average molecular weight is 321 g/mol. The number of morpholine rings is 1. The SMILES string of the molecule is COc1c(Cl)cc(Cl)cc1C[NH2+]CC[NH+]1CCOCC1. The highest BCUT2D eigenvalue weighted by atomic mass is 35.5. The Bertz CT molecular complexity index is 437. The Labute approximate surface area is 129 Å². The van der Waals surface area contributed by atoms with Crippen molar-refractivity contribution >= 4 is 23.2 Å². The summed E-state index contributed by atoms with van der Waals surface area (Å²) >= 11 is 12.2. The van der Waals surface area contributed by atoms with E-state index in [1.54, 1.807) is 18.1 Å². The second-order valence-corrected chi connectivity index (χ2v) is 5.82. The number of nitrogens with one attached hydrogen (secondary N) is 1. The molecule has 1 saturated heterocycles. The number of nitrogens with two attached hydrogens (primary N) is 1. The van der Waals surface area contributed by atoms with E-state index in [-0.39, 0.29) is 0 Å². The summed E-state index contributed by atoms with van der Waals surface area (Å²) in [6, 6.07) is 3.63. The minimum absolute atomic E-state index is 0.571. The first kappa shape index (κ1) is 15.9. The fraction of sp³-hybridized carbons (Fsp3) is 0.571. The van der Waals surface area contributed by atoms with Gasteiger partial charge in [-0.3, -0.25) is 0 Å². The van der Waals surface area contributed by atoms with Crippen LogP contribution in [0.25, 0.3) is 0 Å². The zero-order valence-corrected chi connectivity index (χ0v) is 13.3. The molecule has 20 heavy (non-hydrogen) atoms. The minimum Gasteiger partial charge on any atom is -0.495 e. The van der Waals surface area contributed by atoms with Crippen LogP contribution in [0.15, 0.2) is 12.1 Å². The summed E-state index contributed by atoms with van der Waals surface area (Å²) in [7, 11) is 1.64. The minimum atomic E-state index is 0.571. The lowest BCUT2D eigenvalue weighted by molar-refractivity contribution is -0.920. The molecule has 6 heteroatoms. The van der Waals surface area contributed by atoms with Gasteiger partial charge in [-0.2, -0.15) is 0 Å². The van der Waals surface area contributed by atoms with E-state index >= 15 is 0 Å². The van der Waals surface area contributed by atoms with Crippen LogP contribution in [0.2, 0.25) is 10.0 Å². The quantitative estimate of drug-likeness (QED) is 0.723. The number of hydrogen-bond donors (Lipinski definition) is 2. The second kappa shape index (κ2) is 8.05. The van der Waals surface area contributed by atoms with Crippen LogP contribution < -0.4 is 15.0 Å². The predicted octanol–water partition coefficient (Wildman–Crippen LogP) is -0.0195. The van der Waals surface area contributed by atoms with E-state index in [1.165, 1.54) is 0 Å². The average Bonchev–Trinajstić information content (AvgIpc) is 2.44. The molecule has 3 N–H and O–H groups in total. The van der Waals surface area contributed by atoms with E-state index in [1.807, 2.05) is 6.07 Å². The van der Waals surface area contributed by atoms with E-state index in [4.69, 9.17) is 32.7 Å². The molecule has 0 saturated carbocycles. The Morgan fingerprint density at radius 2 is 2.05 bits per heavy atom. The smallest absolute Gasteiger partial charge is 0.146 e. The van der Waals surface area contributed by atoms with Crippen LogP contribution in [0.3, 0.4) is 0 Å². The van der Waals surface area contributed by atoms with Crippen molar-refractivity contribution in [2.24, 2.45) is 0 Å². The number of rotatable bonds is 6. The highest BCUT2D eigenvalue weighted by molar-refractivity contribution is 6.35. The second-order valence-electron chi connectivity index (χ2n) is 4.97. The van der Waals surface area contributed by atoms with Crippen LogP contribution in [0.5, 0.6) is 5.75 Å². The molecule has 1 heterocycles. The Balaban J connectivity index is 1.81. The van der Waals surface area contributed by atoms with Gasteiger partial charge in [0.1, 0.15) is 38.5 Å². The molecule has 0 radical (unpaired) electrons. The fourth-order valence-corrected chi connectivity index (χ4v) is 3.08. The van der Waals surface area contributed by atoms with Crippen molar-refractivity contribution in [3.63, 3.8) is 0 Å². The van der Waals surface area contributed by atoms with Gasteiger partial charge in [-0.05, 0) is 12.1 Å². The molecule has 0 atom stereocenters. The van der Waals surface area contributed by atoms with Gasteiger partial charge in [0.05, 0.1) is 30.9 Å². The molecule has 1 aromatic carbocycles. The molecular weight excluding hydrogens is 299 g/mol. The molecule has 112 valence electrons. The third-order valence-electron chi connectivity index (χ3n) is 3.56. The van der Waals surface area contributed by atoms with Gasteiger partial charge in [0.15, 0.2) is 0 Å². The van der Waals surface area contributed by atoms with Crippen LogP contribution in [-0.2, 0) is 11.3 Å². The van der Waals surface area contributed by atoms with Crippen molar-refractivity contribution in [1.82, 2.24) is 0 Å². The lowest BCUT2D eigenvalue weighted by atomic mass is 10.2. The van der Waals surface area contributed by atoms with Crippen LogP contribution in [0, 0.1) is 0 Å². The molecule has 0 aromatic heterocycles. The molecule has 0 amide bonds. The van der Waals surface area contributed by atoms with Crippen LogP contribution in [0.4, 0.5) is 0 Å². The summed E-state index contributed by atoms with van der Waals surface area (Å²) in [5.41, 5.74) is 1.04. The molecule has 1 aliphatic rings. The summed E-state index contributed by atoms with van der Waals surface area (Å²) in [6.07, 6.45) is 0. The Kier molecular flexibility index (Phi) is 6.39. The standard InChI is InChI=1S/C14H20Cl2N2O2/c1-19-14-11(8-12(15)9-13(14)16)10-17-2-3-18-4-6-20-7-5-18/h8-9,17H,2-7,10H2,1H3/p+2. The Hall–Kier alpha value is -0.520. The molecular formula is C14H22Cl2N2O2+2. The Morgan fingerprint density at radius 1 is 1.30 bits per heavy atom. The first-order chi connectivity index (χ1) is 9.70. The third-order valence-corrected chi connectivity index (χ3v) is 4.05. The van der Waals surface area contributed by atoms with Gasteiger partial charge in [0, 0.05) is 5.02 Å². The molecule has 1 aliphatic heterocycles. The zero-order valence-electron chi connectivity index (χ0n) is 11.8. The van der Waals surface area contributed by atoms with Gasteiger partial charge in [0.2, 0.25) is 0 Å². The summed E-state index contributed by atoms with van der Waals surface area (Å²) in [4.78, 5) is 1.61. The van der Waals surface area contributed by atoms with Gasteiger partial charge in [-0.1, -0.05) is 23.2 Å². The zero-order chi connectivity index (χ0) is 14.4. The maximum atomic E-state index is 6.13. The van der Waals surface area contributed by atoms with Crippen LogP contribution in [-0.4, -0.2) is 46.5 Å². The van der Waals surface area contributed by atoms with Crippen molar-refractivity contribution in [3.05, 3.63) is 27.7 Å². The Morgan fingerprint density at radius 3 is 2.75 bits per heavy atom. The number of hydrogen-bond acceptors (Lipinski definition) is 2. The van der Waals surface area contributed by atoms with Crippen LogP contribution in [0.1, 0.15) is 5.56 Å². The molecule has 0 unspecified atom stereocenters. The normalized spacial score (nSPS) is 16.4. The predicted molar refractivity (Wildman–Crippen MR) is 79.9 cm³/mol. The van der Waals surface area contributed by atoms with Gasteiger partial charge >= 0.3 is 0 Å². The van der Waals surface area contributed by atoms with Crippen molar-refractivity contribution in [3.8, 4) is 5.75 Å². The van der Waals surface area contributed by atoms with Gasteiger partial charge in [0.25, 0.3) is 0 Å². The summed E-state index contributed by atoms with van der Waals surface area (Å²) < 4.78 is 10.7. The molecule has 0 bridgehead atoms. The van der Waals surface area contributed by atoms with E-state index in [9.17, 15) is 0 Å². The van der Waals surface area contributed by atoms with E-state index in [2.05, 4.69) is 5.32 Å². The van der Waals surface area contributed by atoms with E-state index in [0.29, 0.717) is 10.0 Å². The van der Waals surface area contributed by atoms with Gasteiger partial charge < -0.3 is 19.7 Å². The maximum Gasteiger partial charge on any atom is 0.146 e.